The first-order valence-corrected chi connectivity index (χ1v) is 6.53. The number of halogens is 1. The molecule has 0 atom stereocenters. The first-order chi connectivity index (χ1) is 7.75. The SMILES string of the molecule is O=C(OCc1ccccc1)c1csc(I)n1. The van der Waals surface area contributed by atoms with E-state index in [1.807, 2.05) is 30.3 Å². The minimum absolute atomic E-state index is 0.285. The van der Waals surface area contributed by atoms with Crippen molar-refractivity contribution in [2.45, 2.75) is 6.61 Å². The molecule has 0 aliphatic carbocycles. The van der Waals surface area contributed by atoms with Crippen LogP contribution in [0.5, 0.6) is 0 Å². The van der Waals surface area contributed by atoms with Gasteiger partial charge in [-0.15, -0.1) is 11.3 Å². The van der Waals surface area contributed by atoms with Crippen molar-refractivity contribution in [1.82, 2.24) is 4.98 Å². The second-order valence-electron chi connectivity index (χ2n) is 3.05. The third kappa shape index (κ3) is 3.02. The number of benzene rings is 1. The fraction of sp³-hybridized carbons (Fsp3) is 0.0909. The molecule has 1 aromatic carbocycles. The molecule has 5 heteroatoms. The summed E-state index contributed by atoms with van der Waals surface area (Å²) >= 11 is 3.50. The molecule has 0 aliphatic rings. The van der Waals surface area contributed by atoms with Gasteiger partial charge in [0.2, 0.25) is 0 Å². The highest BCUT2D eigenvalue weighted by molar-refractivity contribution is 14.1. The number of nitrogens with zero attached hydrogens (tertiary/aromatic N) is 1. The molecule has 1 heterocycles. The van der Waals surface area contributed by atoms with Crippen molar-refractivity contribution in [3.63, 3.8) is 0 Å². The zero-order chi connectivity index (χ0) is 11.4. The van der Waals surface area contributed by atoms with Crippen LogP contribution < -0.4 is 0 Å². The molecular formula is C11H8INO2S. The Kier molecular flexibility index (Phi) is 3.89. The molecule has 0 aliphatic heterocycles. The smallest absolute Gasteiger partial charge is 0.358 e. The van der Waals surface area contributed by atoms with Gasteiger partial charge in [-0.25, -0.2) is 9.78 Å². The lowest BCUT2D eigenvalue weighted by Crippen LogP contribution is -2.05. The monoisotopic (exact) mass is 345 g/mol. The maximum atomic E-state index is 11.5. The second kappa shape index (κ2) is 5.40. The quantitative estimate of drug-likeness (QED) is 0.634. The van der Waals surface area contributed by atoms with Crippen LogP contribution >= 0.6 is 33.9 Å². The molecule has 3 nitrogen and oxygen atoms in total. The topological polar surface area (TPSA) is 39.2 Å². The fourth-order valence-electron chi connectivity index (χ4n) is 1.14. The molecule has 0 fully saturated rings. The highest BCUT2D eigenvalue weighted by atomic mass is 127. The van der Waals surface area contributed by atoms with Crippen LogP contribution in [0, 0.1) is 3.01 Å². The average molecular weight is 345 g/mol. The maximum absolute atomic E-state index is 11.5. The van der Waals surface area contributed by atoms with Crippen LogP contribution in [0.2, 0.25) is 0 Å². The zero-order valence-electron chi connectivity index (χ0n) is 8.22. The van der Waals surface area contributed by atoms with Crippen LogP contribution in [-0.2, 0) is 11.3 Å². The number of thiazole rings is 1. The third-order valence-electron chi connectivity index (χ3n) is 1.90. The number of carbonyl (C=O) groups excluding carboxylic acids is 1. The number of carbonyl (C=O) groups is 1. The maximum Gasteiger partial charge on any atom is 0.358 e. The fourth-order valence-corrected chi connectivity index (χ4v) is 2.29. The summed E-state index contributed by atoms with van der Waals surface area (Å²) in [6.07, 6.45) is 0. The summed E-state index contributed by atoms with van der Waals surface area (Å²) in [5, 5.41) is 1.70. The van der Waals surface area contributed by atoms with Gasteiger partial charge in [-0.1, -0.05) is 30.3 Å². The Morgan fingerprint density at radius 3 is 2.75 bits per heavy atom. The largest absolute Gasteiger partial charge is 0.456 e. The first-order valence-electron chi connectivity index (χ1n) is 4.58. The molecule has 16 heavy (non-hydrogen) atoms. The molecule has 0 radical (unpaired) electrons. The summed E-state index contributed by atoms with van der Waals surface area (Å²) in [5.41, 5.74) is 1.35. The lowest BCUT2D eigenvalue weighted by molar-refractivity contribution is 0.0466. The van der Waals surface area contributed by atoms with Gasteiger partial charge in [-0.05, 0) is 28.2 Å². The van der Waals surface area contributed by atoms with E-state index in [0.717, 1.165) is 8.58 Å². The van der Waals surface area contributed by atoms with Gasteiger partial charge in [-0.2, -0.15) is 0 Å². The van der Waals surface area contributed by atoms with E-state index in [-0.39, 0.29) is 12.6 Å². The summed E-state index contributed by atoms with van der Waals surface area (Å²) in [6.45, 7) is 0.285. The highest BCUT2D eigenvalue weighted by Crippen LogP contribution is 2.13. The van der Waals surface area contributed by atoms with Crippen LogP contribution in [0.25, 0.3) is 0 Å². The Morgan fingerprint density at radius 1 is 1.38 bits per heavy atom. The molecule has 1 aromatic heterocycles. The molecule has 2 rings (SSSR count). The van der Waals surface area contributed by atoms with Crippen molar-refractivity contribution in [3.05, 3.63) is 50.0 Å². The first kappa shape index (κ1) is 11.5. The molecule has 0 saturated heterocycles. The van der Waals surface area contributed by atoms with E-state index < -0.39 is 0 Å². The Bertz CT molecular complexity index is 484. The molecule has 0 amide bonds. The van der Waals surface area contributed by atoms with E-state index in [4.69, 9.17) is 4.74 Å². The molecule has 0 spiro atoms. The standard InChI is InChI=1S/C11H8INO2S/c12-11-13-9(7-16-11)10(14)15-6-8-4-2-1-3-5-8/h1-5,7H,6H2. The molecule has 2 aromatic rings. The van der Waals surface area contributed by atoms with Crippen LogP contribution in [0.15, 0.2) is 35.7 Å². The van der Waals surface area contributed by atoms with Crippen molar-refractivity contribution in [1.29, 1.82) is 0 Å². The van der Waals surface area contributed by atoms with E-state index >= 15 is 0 Å². The molecular weight excluding hydrogens is 337 g/mol. The Balaban J connectivity index is 1.94. The third-order valence-corrected chi connectivity index (χ3v) is 3.53. The van der Waals surface area contributed by atoms with Crippen molar-refractivity contribution >= 4 is 39.9 Å². The van der Waals surface area contributed by atoms with Crippen LogP contribution in [-0.4, -0.2) is 11.0 Å². The Morgan fingerprint density at radius 2 is 2.12 bits per heavy atom. The predicted molar refractivity (Wildman–Crippen MR) is 70.4 cm³/mol. The molecule has 82 valence electrons. The highest BCUT2D eigenvalue weighted by Gasteiger charge is 2.10. The van der Waals surface area contributed by atoms with Crippen LogP contribution in [0.1, 0.15) is 16.1 Å². The van der Waals surface area contributed by atoms with E-state index in [0.29, 0.717) is 5.69 Å². The van der Waals surface area contributed by atoms with Crippen LogP contribution in [0.3, 0.4) is 0 Å². The molecule has 0 unspecified atom stereocenters. The summed E-state index contributed by atoms with van der Waals surface area (Å²) in [5.74, 6) is -0.372. The van der Waals surface area contributed by atoms with Crippen molar-refractivity contribution in [2.24, 2.45) is 0 Å². The zero-order valence-corrected chi connectivity index (χ0v) is 11.2. The molecule has 0 saturated carbocycles. The lowest BCUT2D eigenvalue weighted by atomic mass is 10.2. The van der Waals surface area contributed by atoms with Gasteiger partial charge in [0.1, 0.15) is 6.61 Å². The summed E-state index contributed by atoms with van der Waals surface area (Å²) in [4.78, 5) is 15.6. The van der Waals surface area contributed by atoms with E-state index in [1.165, 1.54) is 11.3 Å². The van der Waals surface area contributed by atoms with E-state index in [9.17, 15) is 4.79 Å². The van der Waals surface area contributed by atoms with Gasteiger partial charge in [-0.3, -0.25) is 0 Å². The van der Waals surface area contributed by atoms with E-state index in [1.54, 1.807) is 5.38 Å². The number of hydrogen-bond donors (Lipinski definition) is 0. The summed E-state index contributed by atoms with van der Waals surface area (Å²) in [6, 6.07) is 9.58. The predicted octanol–water partition coefficient (Wildman–Crippen LogP) is 3.10. The number of aromatic nitrogens is 1. The van der Waals surface area contributed by atoms with Crippen molar-refractivity contribution < 1.29 is 9.53 Å². The minimum Gasteiger partial charge on any atom is -0.456 e. The minimum atomic E-state index is -0.372. The molecule has 0 N–H and O–H groups in total. The number of ether oxygens (including phenoxy) is 1. The summed E-state index contributed by atoms with van der Waals surface area (Å²) < 4.78 is 5.97. The van der Waals surface area contributed by atoms with Gasteiger partial charge >= 0.3 is 5.97 Å². The summed E-state index contributed by atoms with van der Waals surface area (Å²) in [7, 11) is 0. The van der Waals surface area contributed by atoms with Crippen molar-refractivity contribution in [2.75, 3.05) is 0 Å². The normalized spacial score (nSPS) is 10.1. The lowest BCUT2D eigenvalue weighted by Gasteiger charge is -2.02. The van der Waals surface area contributed by atoms with Gasteiger partial charge in [0.05, 0.1) is 0 Å². The number of esters is 1. The van der Waals surface area contributed by atoms with Gasteiger partial charge < -0.3 is 4.74 Å². The number of rotatable bonds is 3. The number of hydrogen-bond acceptors (Lipinski definition) is 4. The van der Waals surface area contributed by atoms with Gasteiger partial charge in [0.25, 0.3) is 0 Å². The van der Waals surface area contributed by atoms with Gasteiger partial charge in [0.15, 0.2) is 8.71 Å². The Labute approximate surface area is 111 Å². The molecule has 0 bridgehead atoms. The van der Waals surface area contributed by atoms with Crippen molar-refractivity contribution in [3.8, 4) is 0 Å². The van der Waals surface area contributed by atoms with Gasteiger partial charge in [0, 0.05) is 5.38 Å². The Hall–Kier alpha value is -0.950. The van der Waals surface area contributed by atoms with E-state index in [2.05, 4.69) is 27.6 Å². The second-order valence-corrected chi connectivity index (χ2v) is 5.66. The van der Waals surface area contributed by atoms with Crippen LogP contribution in [0.4, 0.5) is 0 Å². The average Bonchev–Trinajstić information content (AvgIpc) is 2.74.